The van der Waals surface area contributed by atoms with Gasteiger partial charge in [0.2, 0.25) is 0 Å². The Bertz CT molecular complexity index is 1360. The van der Waals surface area contributed by atoms with Gasteiger partial charge in [-0.15, -0.1) is 0 Å². The number of fused-ring (bicyclic) bond motifs is 3. The molecule has 0 radical (unpaired) electrons. The summed E-state index contributed by atoms with van der Waals surface area (Å²) in [6, 6.07) is 0.422. The van der Waals surface area contributed by atoms with Crippen molar-refractivity contribution in [3.05, 3.63) is 11.6 Å². The highest BCUT2D eigenvalue weighted by atomic mass is 16.6. The topological polar surface area (TPSA) is 106 Å². The summed E-state index contributed by atoms with van der Waals surface area (Å²) in [6.07, 6.45) is 7.31. The zero-order chi connectivity index (χ0) is 35.9. The van der Waals surface area contributed by atoms with Crippen molar-refractivity contribution in [2.24, 2.45) is 56.7 Å². The summed E-state index contributed by atoms with van der Waals surface area (Å²) >= 11 is 0. The third kappa shape index (κ3) is 5.53. The maximum Gasteiger partial charge on any atom is 0.320 e. The number of esters is 2. The lowest BCUT2D eigenvalue weighted by Gasteiger charge is -2.71. The lowest BCUT2D eigenvalue weighted by atomic mass is 9.34. The number of aliphatic carboxylic acids is 1. The molecule has 1 N–H and O–H groups in total. The highest BCUT2D eigenvalue weighted by molar-refractivity contribution is 5.73. The van der Waals surface area contributed by atoms with Gasteiger partial charge in [-0.25, -0.2) is 0 Å². The monoisotopic (exact) mass is 684 g/mol. The lowest BCUT2D eigenvalue weighted by molar-refractivity contribution is -0.263. The van der Waals surface area contributed by atoms with Crippen LogP contribution in [0.4, 0.5) is 0 Å². The highest BCUT2D eigenvalue weighted by Gasteiger charge is 2.72. The fraction of sp³-hybridized carbons (Fsp3) is 0.875. The Balaban J connectivity index is 1.34. The van der Waals surface area contributed by atoms with Gasteiger partial charge in [-0.1, -0.05) is 60.1 Å². The first-order valence-corrected chi connectivity index (χ1v) is 19.1. The van der Waals surface area contributed by atoms with Crippen molar-refractivity contribution < 1.29 is 33.7 Å². The lowest BCUT2D eigenvalue weighted by Crippen LogP contribution is -2.70. The van der Waals surface area contributed by atoms with Crippen LogP contribution < -0.4 is 0 Å². The Morgan fingerprint density at radius 2 is 1.73 bits per heavy atom. The van der Waals surface area contributed by atoms with E-state index >= 15 is 0 Å². The molecule has 0 amide bonds. The SMILES string of the molecule is CC(=O)O[C@@H]1C[C@@]23COC[C@](C)([C@@H]2CC[C@H]2C3=CC[C@@]3(C)[C@H](C(=O)O)[C@@](C)([C@H](C)C(C)C)CC[C@]23C)[C@H]1OC(=O)CN1CCC(N(C)C)C1. The molecule has 2 saturated heterocycles. The molecule has 2 bridgehead atoms. The molecule has 3 saturated carbocycles. The number of carbonyl (C=O) groups is 3. The first kappa shape index (κ1) is 36.8. The summed E-state index contributed by atoms with van der Waals surface area (Å²) in [5.74, 6) is -0.659. The number of ether oxygens (including phenoxy) is 3. The third-order valence-electron chi connectivity index (χ3n) is 16.0. The number of nitrogens with zero attached hydrogens (tertiary/aromatic N) is 2. The Morgan fingerprint density at radius 3 is 2.35 bits per heavy atom. The average molecular weight is 685 g/mol. The van der Waals surface area contributed by atoms with Gasteiger partial charge in [0.05, 0.1) is 25.7 Å². The van der Waals surface area contributed by atoms with Gasteiger partial charge >= 0.3 is 17.9 Å². The highest BCUT2D eigenvalue weighted by Crippen LogP contribution is 2.75. The van der Waals surface area contributed by atoms with Gasteiger partial charge in [0.25, 0.3) is 0 Å². The number of carboxylic acids is 1. The molecule has 0 aromatic rings. The number of allylic oxidation sites excluding steroid dienone is 1. The smallest absolute Gasteiger partial charge is 0.320 e. The van der Waals surface area contributed by atoms with Crippen molar-refractivity contribution in [3.8, 4) is 0 Å². The van der Waals surface area contributed by atoms with Crippen LogP contribution in [0.25, 0.3) is 0 Å². The molecule has 0 aromatic carbocycles. The standard InChI is InChI=1S/C40H64N2O7/c1-24(2)25(3)36(5)16-17-38(7)28-11-12-31-37(6)22-47-23-40(31,29(28)13-15-39(38,8)33(36)35(45)46)19-30(48-26(4)43)34(37)49-32(44)21-42-18-14-27(20-42)41(9)10/h13,24-25,27-28,30-31,33-34H,11-12,14-23H2,1-10H3,(H,45,46)/t25-,27?,28+,30-,31+,33-,34+,36-,37-,38-,39+,40+/m1/s1. The van der Waals surface area contributed by atoms with Crippen LogP contribution in [0.15, 0.2) is 11.6 Å². The molecule has 6 rings (SSSR count). The van der Waals surface area contributed by atoms with E-state index in [0.29, 0.717) is 38.0 Å². The van der Waals surface area contributed by atoms with E-state index in [4.69, 9.17) is 14.2 Å². The average Bonchev–Trinajstić information content (AvgIpc) is 3.47. The van der Waals surface area contributed by atoms with Crippen molar-refractivity contribution in [2.45, 2.75) is 119 Å². The molecule has 5 fully saturated rings. The van der Waals surface area contributed by atoms with Crippen LogP contribution >= 0.6 is 0 Å². The zero-order valence-electron chi connectivity index (χ0n) is 32.0. The quantitative estimate of drug-likeness (QED) is 0.242. The first-order valence-electron chi connectivity index (χ1n) is 19.1. The minimum Gasteiger partial charge on any atom is -0.481 e. The van der Waals surface area contributed by atoms with Crippen molar-refractivity contribution in [2.75, 3.05) is 46.9 Å². The van der Waals surface area contributed by atoms with Crippen molar-refractivity contribution >= 4 is 17.9 Å². The van der Waals surface area contributed by atoms with Crippen LogP contribution in [-0.2, 0) is 28.6 Å². The molecule has 49 heavy (non-hydrogen) atoms. The Morgan fingerprint density at radius 1 is 1.02 bits per heavy atom. The Labute approximate surface area is 294 Å². The number of rotatable bonds is 8. The summed E-state index contributed by atoms with van der Waals surface area (Å²) in [5, 5.41) is 11.0. The van der Waals surface area contributed by atoms with Gasteiger partial charge in [0, 0.05) is 36.9 Å². The maximum atomic E-state index is 13.6. The summed E-state index contributed by atoms with van der Waals surface area (Å²) < 4.78 is 19.1. The number of carbonyl (C=O) groups excluding carboxylic acids is 2. The van der Waals surface area contributed by atoms with E-state index in [0.717, 1.165) is 45.2 Å². The fourth-order valence-corrected chi connectivity index (χ4v) is 12.8. The predicted molar refractivity (Wildman–Crippen MR) is 188 cm³/mol. The van der Waals surface area contributed by atoms with Crippen molar-refractivity contribution in [3.63, 3.8) is 0 Å². The van der Waals surface area contributed by atoms with Crippen LogP contribution in [0.5, 0.6) is 0 Å². The first-order chi connectivity index (χ1) is 22.8. The van der Waals surface area contributed by atoms with E-state index < -0.39 is 34.9 Å². The van der Waals surface area contributed by atoms with E-state index in [1.807, 2.05) is 0 Å². The molecule has 4 aliphatic carbocycles. The number of likely N-dealkylation sites (tertiary alicyclic amines) is 1. The van der Waals surface area contributed by atoms with Crippen molar-refractivity contribution in [1.82, 2.24) is 9.80 Å². The minimum absolute atomic E-state index is 0.198. The second-order valence-corrected chi connectivity index (χ2v) is 18.7. The molecule has 2 aliphatic heterocycles. The van der Waals surface area contributed by atoms with Crippen LogP contribution in [0.1, 0.15) is 100 Å². The van der Waals surface area contributed by atoms with Crippen LogP contribution in [0, 0.1) is 56.7 Å². The van der Waals surface area contributed by atoms with Gasteiger partial charge in [-0.2, -0.15) is 0 Å². The van der Waals surface area contributed by atoms with Crippen LogP contribution in [0.3, 0.4) is 0 Å². The number of hydrogen-bond acceptors (Lipinski definition) is 8. The van der Waals surface area contributed by atoms with E-state index in [1.165, 1.54) is 12.5 Å². The van der Waals surface area contributed by atoms with E-state index in [1.54, 1.807) is 0 Å². The molecule has 12 atom stereocenters. The molecule has 0 spiro atoms. The molecule has 6 aliphatic rings. The summed E-state index contributed by atoms with van der Waals surface area (Å²) in [7, 11) is 4.16. The zero-order valence-corrected chi connectivity index (χ0v) is 32.0. The van der Waals surface area contributed by atoms with E-state index in [2.05, 4.69) is 78.4 Å². The van der Waals surface area contributed by atoms with Gasteiger partial charge in [0.15, 0.2) is 0 Å². The molecule has 1 unspecified atom stereocenters. The predicted octanol–water partition coefficient (Wildman–Crippen LogP) is 6.05. The maximum absolute atomic E-state index is 13.6. The molecule has 2 heterocycles. The molecule has 0 aromatic heterocycles. The van der Waals surface area contributed by atoms with E-state index in [-0.39, 0.29) is 52.5 Å². The third-order valence-corrected chi connectivity index (χ3v) is 16.0. The van der Waals surface area contributed by atoms with E-state index in [9.17, 15) is 19.5 Å². The van der Waals surface area contributed by atoms with Crippen molar-refractivity contribution in [1.29, 1.82) is 0 Å². The Kier molecular flexibility index (Phi) is 9.47. The summed E-state index contributed by atoms with van der Waals surface area (Å²) in [4.78, 5) is 44.0. The van der Waals surface area contributed by atoms with Gasteiger partial charge < -0.3 is 24.2 Å². The largest absolute Gasteiger partial charge is 0.481 e. The Hall–Kier alpha value is -1.97. The summed E-state index contributed by atoms with van der Waals surface area (Å²) in [5.41, 5.74) is -0.418. The van der Waals surface area contributed by atoms with Gasteiger partial charge in [-0.3, -0.25) is 19.3 Å². The molecule has 9 nitrogen and oxygen atoms in total. The van der Waals surface area contributed by atoms with Gasteiger partial charge in [-0.05, 0) is 99.0 Å². The second-order valence-electron chi connectivity index (χ2n) is 18.7. The fourth-order valence-electron chi connectivity index (χ4n) is 12.8. The molecule has 9 heteroatoms. The number of hydrogen-bond donors (Lipinski definition) is 1. The normalized spacial score (nSPS) is 45.5. The van der Waals surface area contributed by atoms with Crippen LogP contribution in [0.2, 0.25) is 0 Å². The molecular formula is C40H64N2O7. The van der Waals surface area contributed by atoms with Crippen LogP contribution in [-0.4, -0.2) is 98.0 Å². The molecule has 276 valence electrons. The minimum atomic E-state index is -0.663. The molecular weight excluding hydrogens is 620 g/mol. The number of likely N-dealkylation sites (N-methyl/N-ethyl adjacent to an activating group) is 1. The summed E-state index contributed by atoms with van der Waals surface area (Å²) in [6.45, 7) is 20.1. The number of carboxylic acid groups (broad SMARTS) is 1. The second kappa shape index (κ2) is 12.6. The van der Waals surface area contributed by atoms with Gasteiger partial charge in [0.1, 0.15) is 12.2 Å².